The van der Waals surface area contributed by atoms with Gasteiger partial charge in [0.2, 0.25) is 0 Å². The van der Waals surface area contributed by atoms with Gasteiger partial charge in [-0.25, -0.2) is 0 Å². The van der Waals surface area contributed by atoms with Crippen LogP contribution in [-0.2, 0) is 9.31 Å². The third-order valence-corrected chi connectivity index (χ3v) is 8.43. The first-order chi connectivity index (χ1) is 16.3. The molecule has 1 aliphatic heterocycles. The van der Waals surface area contributed by atoms with Gasteiger partial charge in [-0.2, -0.15) is 0 Å². The van der Waals surface area contributed by atoms with Gasteiger partial charge >= 0.3 is 7.12 Å². The molecule has 34 heavy (non-hydrogen) atoms. The largest absolute Gasteiger partial charge is 0.494 e. The SMILES string of the molecule is CC1(C)OB(c2cccc(-c3cc(-c4ccccc4)c4c(c3)sc3ccccc34)c2)OC1(C)C. The fourth-order valence-electron chi connectivity index (χ4n) is 4.71. The summed E-state index contributed by atoms with van der Waals surface area (Å²) in [5.41, 5.74) is 5.22. The summed E-state index contributed by atoms with van der Waals surface area (Å²) >= 11 is 1.86. The third kappa shape index (κ3) is 3.49. The van der Waals surface area contributed by atoms with Crippen molar-refractivity contribution in [2.45, 2.75) is 38.9 Å². The molecule has 2 heterocycles. The molecule has 2 nitrogen and oxygen atoms in total. The maximum Gasteiger partial charge on any atom is 0.494 e. The summed E-state index contributed by atoms with van der Waals surface area (Å²) in [7, 11) is -0.369. The van der Waals surface area contributed by atoms with E-state index in [2.05, 4.69) is 119 Å². The molecule has 0 atom stereocenters. The molecule has 4 heteroatoms. The van der Waals surface area contributed by atoms with Crippen molar-refractivity contribution in [1.29, 1.82) is 0 Å². The molecule has 1 aromatic heterocycles. The van der Waals surface area contributed by atoms with Crippen LogP contribution in [0.3, 0.4) is 0 Å². The number of hydrogen-bond donors (Lipinski definition) is 0. The van der Waals surface area contributed by atoms with Gasteiger partial charge in [-0.15, -0.1) is 11.3 Å². The van der Waals surface area contributed by atoms with E-state index in [1.807, 2.05) is 11.3 Å². The number of hydrogen-bond acceptors (Lipinski definition) is 3. The van der Waals surface area contributed by atoms with Crippen LogP contribution in [0.15, 0.2) is 91.0 Å². The van der Waals surface area contributed by atoms with Gasteiger partial charge in [-0.1, -0.05) is 72.8 Å². The summed E-state index contributed by atoms with van der Waals surface area (Å²) in [6.07, 6.45) is 0. The Balaban J connectivity index is 1.51. The highest BCUT2D eigenvalue weighted by Gasteiger charge is 2.51. The Morgan fingerprint density at radius 1 is 0.618 bits per heavy atom. The number of rotatable bonds is 3. The Kier molecular flexibility index (Phi) is 4.96. The van der Waals surface area contributed by atoms with Crippen molar-refractivity contribution in [2.24, 2.45) is 0 Å². The molecule has 0 radical (unpaired) electrons. The lowest BCUT2D eigenvalue weighted by Gasteiger charge is -2.32. The highest BCUT2D eigenvalue weighted by Crippen LogP contribution is 2.43. The second kappa shape index (κ2) is 7.81. The zero-order chi connectivity index (χ0) is 23.5. The van der Waals surface area contributed by atoms with E-state index in [9.17, 15) is 0 Å². The lowest BCUT2D eigenvalue weighted by Crippen LogP contribution is -2.41. The van der Waals surface area contributed by atoms with Crippen molar-refractivity contribution in [1.82, 2.24) is 0 Å². The Hall–Kier alpha value is -2.92. The van der Waals surface area contributed by atoms with Gasteiger partial charge < -0.3 is 9.31 Å². The van der Waals surface area contributed by atoms with Gasteiger partial charge in [0.25, 0.3) is 0 Å². The van der Waals surface area contributed by atoms with E-state index >= 15 is 0 Å². The van der Waals surface area contributed by atoms with Gasteiger partial charge in [0.1, 0.15) is 0 Å². The molecular formula is C30H27BO2S. The molecule has 0 amide bonds. The average molecular weight is 462 g/mol. The Morgan fingerprint density at radius 3 is 2.06 bits per heavy atom. The van der Waals surface area contributed by atoms with Crippen molar-refractivity contribution in [3.05, 3.63) is 91.0 Å². The Labute approximate surface area is 205 Å². The quantitative estimate of drug-likeness (QED) is 0.256. The van der Waals surface area contributed by atoms with E-state index in [0.29, 0.717) is 0 Å². The molecule has 0 aliphatic carbocycles. The second-order valence-electron chi connectivity index (χ2n) is 10.1. The predicted molar refractivity (Wildman–Crippen MR) is 146 cm³/mol. The van der Waals surface area contributed by atoms with Gasteiger partial charge in [0, 0.05) is 20.2 Å². The van der Waals surface area contributed by atoms with Crippen LogP contribution in [0.4, 0.5) is 0 Å². The molecule has 0 bridgehead atoms. The lowest BCUT2D eigenvalue weighted by atomic mass is 9.78. The van der Waals surface area contributed by atoms with Crippen LogP contribution < -0.4 is 5.46 Å². The molecule has 168 valence electrons. The average Bonchev–Trinajstić information content (AvgIpc) is 3.32. The first-order valence-electron chi connectivity index (χ1n) is 11.8. The predicted octanol–water partition coefficient (Wildman–Crippen LogP) is 7.69. The highest BCUT2D eigenvalue weighted by atomic mass is 32.1. The standard InChI is InChI=1S/C30H27BO2S/c1-29(2)30(3,4)33-31(32-29)23-14-10-13-21(17-23)22-18-25(20-11-6-5-7-12-20)28-24-15-8-9-16-26(24)34-27(28)19-22/h5-19H,1-4H3. The van der Waals surface area contributed by atoms with Crippen molar-refractivity contribution < 1.29 is 9.31 Å². The summed E-state index contributed by atoms with van der Waals surface area (Å²) < 4.78 is 15.3. The van der Waals surface area contributed by atoms with Crippen LogP contribution in [0.1, 0.15) is 27.7 Å². The van der Waals surface area contributed by atoms with Crippen molar-refractivity contribution in [3.8, 4) is 22.3 Å². The van der Waals surface area contributed by atoms with Crippen LogP contribution in [0.5, 0.6) is 0 Å². The van der Waals surface area contributed by atoms with E-state index < -0.39 is 0 Å². The number of thiophene rings is 1. The normalized spacial score (nSPS) is 17.0. The second-order valence-corrected chi connectivity index (χ2v) is 11.2. The van der Waals surface area contributed by atoms with Gasteiger partial charge in [0.05, 0.1) is 11.2 Å². The smallest absolute Gasteiger partial charge is 0.399 e. The minimum absolute atomic E-state index is 0.357. The van der Waals surface area contributed by atoms with Gasteiger partial charge in [-0.05, 0) is 73.6 Å². The first kappa shape index (κ1) is 21.6. The zero-order valence-corrected chi connectivity index (χ0v) is 20.8. The molecular weight excluding hydrogens is 435 g/mol. The molecule has 0 spiro atoms. The van der Waals surface area contributed by atoms with Crippen LogP contribution in [0.25, 0.3) is 42.4 Å². The van der Waals surface area contributed by atoms with E-state index in [4.69, 9.17) is 9.31 Å². The first-order valence-corrected chi connectivity index (χ1v) is 12.6. The van der Waals surface area contributed by atoms with E-state index in [1.165, 1.54) is 42.4 Å². The van der Waals surface area contributed by atoms with Crippen molar-refractivity contribution >= 4 is 44.1 Å². The van der Waals surface area contributed by atoms with Crippen molar-refractivity contribution in [3.63, 3.8) is 0 Å². The minimum atomic E-state index is -0.369. The van der Waals surface area contributed by atoms with Crippen molar-refractivity contribution in [2.75, 3.05) is 0 Å². The Morgan fingerprint density at radius 2 is 1.29 bits per heavy atom. The molecule has 1 saturated heterocycles. The maximum atomic E-state index is 6.32. The summed E-state index contributed by atoms with van der Waals surface area (Å²) in [6, 6.07) is 32.7. The van der Waals surface area contributed by atoms with E-state index in [0.717, 1.165) is 5.46 Å². The molecule has 0 N–H and O–H groups in total. The molecule has 4 aromatic carbocycles. The lowest BCUT2D eigenvalue weighted by molar-refractivity contribution is 0.00578. The molecule has 5 aromatic rings. The number of benzene rings is 4. The minimum Gasteiger partial charge on any atom is -0.399 e. The number of fused-ring (bicyclic) bond motifs is 3. The summed E-state index contributed by atoms with van der Waals surface area (Å²) in [5, 5.41) is 2.65. The van der Waals surface area contributed by atoms with E-state index in [1.54, 1.807) is 0 Å². The van der Waals surface area contributed by atoms with Crippen LogP contribution in [0, 0.1) is 0 Å². The maximum absolute atomic E-state index is 6.32. The molecule has 1 fully saturated rings. The van der Waals surface area contributed by atoms with Crippen LogP contribution in [0.2, 0.25) is 0 Å². The van der Waals surface area contributed by atoms with Crippen LogP contribution >= 0.6 is 11.3 Å². The molecule has 6 rings (SSSR count). The molecule has 0 saturated carbocycles. The highest BCUT2D eigenvalue weighted by molar-refractivity contribution is 7.26. The zero-order valence-electron chi connectivity index (χ0n) is 20.0. The Bertz CT molecular complexity index is 1500. The van der Waals surface area contributed by atoms with E-state index in [-0.39, 0.29) is 18.3 Å². The van der Waals surface area contributed by atoms with Gasteiger partial charge in [-0.3, -0.25) is 0 Å². The van der Waals surface area contributed by atoms with Crippen LogP contribution in [-0.4, -0.2) is 18.3 Å². The molecule has 0 unspecified atom stereocenters. The summed E-state index contributed by atoms with van der Waals surface area (Å²) in [4.78, 5) is 0. The monoisotopic (exact) mass is 462 g/mol. The van der Waals surface area contributed by atoms with Gasteiger partial charge in [0.15, 0.2) is 0 Å². The molecule has 1 aliphatic rings. The summed E-state index contributed by atoms with van der Waals surface area (Å²) in [6.45, 7) is 8.38. The fraction of sp³-hybridized carbons (Fsp3) is 0.200. The summed E-state index contributed by atoms with van der Waals surface area (Å²) in [5.74, 6) is 0. The fourth-order valence-corrected chi connectivity index (χ4v) is 5.88. The third-order valence-electron chi connectivity index (χ3n) is 7.31. The topological polar surface area (TPSA) is 18.5 Å².